The fourth-order valence-electron chi connectivity index (χ4n) is 2.77. The van der Waals surface area contributed by atoms with Gasteiger partial charge in [0.05, 0.1) is 12.8 Å². The van der Waals surface area contributed by atoms with Gasteiger partial charge in [0.1, 0.15) is 17.2 Å². The number of amides is 1. The van der Waals surface area contributed by atoms with Gasteiger partial charge in [0, 0.05) is 19.0 Å². The topological polar surface area (TPSA) is 59.0 Å². The van der Waals surface area contributed by atoms with E-state index in [2.05, 4.69) is 6.58 Å². The van der Waals surface area contributed by atoms with E-state index in [9.17, 15) is 9.90 Å². The van der Waals surface area contributed by atoms with Gasteiger partial charge in [0.2, 0.25) is 0 Å². The number of carbonyl (C=O) groups excluding carboxylic acids is 1. The molecule has 1 unspecified atom stereocenters. The Balaban J connectivity index is 1.91. The van der Waals surface area contributed by atoms with Crippen molar-refractivity contribution in [3.05, 3.63) is 60.7 Å². The van der Waals surface area contributed by atoms with Crippen molar-refractivity contribution in [2.75, 3.05) is 18.6 Å². The van der Waals surface area contributed by atoms with Crippen LogP contribution in [-0.2, 0) is 11.2 Å². The van der Waals surface area contributed by atoms with Crippen molar-refractivity contribution in [3.8, 4) is 17.2 Å². The molecule has 0 fully saturated rings. The number of carbonyl (C=O) groups is 1. The summed E-state index contributed by atoms with van der Waals surface area (Å²) in [4.78, 5) is 14.4. The minimum Gasteiger partial charge on any atom is -0.508 e. The second-order valence-electron chi connectivity index (χ2n) is 5.55. The van der Waals surface area contributed by atoms with E-state index in [1.807, 2.05) is 24.3 Å². The molecule has 124 valence electrons. The molecule has 1 aliphatic heterocycles. The molecule has 0 spiro atoms. The lowest BCUT2D eigenvalue weighted by Gasteiger charge is -2.34. The highest BCUT2D eigenvalue weighted by molar-refractivity contribution is 6.00. The Hall–Kier alpha value is -2.95. The number of ether oxygens (including phenoxy) is 2. The average Bonchev–Trinajstić information content (AvgIpc) is 2.59. The van der Waals surface area contributed by atoms with Gasteiger partial charge < -0.3 is 19.5 Å². The first kappa shape index (κ1) is 15.9. The van der Waals surface area contributed by atoms with Gasteiger partial charge in [-0.3, -0.25) is 4.79 Å². The van der Waals surface area contributed by atoms with Gasteiger partial charge in [-0.25, -0.2) is 0 Å². The molecule has 0 aromatic heterocycles. The summed E-state index contributed by atoms with van der Waals surface area (Å²) in [5, 5.41) is 9.69. The third kappa shape index (κ3) is 3.06. The Morgan fingerprint density at radius 2 is 2.17 bits per heavy atom. The SMILES string of the molecule is C=CCN1C(=O)C(Cc2cccc(OC)c2)Oc2ccc(O)cc21. The van der Waals surface area contributed by atoms with Gasteiger partial charge in [0.15, 0.2) is 6.10 Å². The summed E-state index contributed by atoms with van der Waals surface area (Å²) >= 11 is 0. The van der Waals surface area contributed by atoms with E-state index in [1.54, 1.807) is 30.2 Å². The second kappa shape index (κ2) is 6.66. The van der Waals surface area contributed by atoms with Crippen LogP contribution in [0.2, 0.25) is 0 Å². The van der Waals surface area contributed by atoms with Gasteiger partial charge in [0.25, 0.3) is 5.91 Å². The number of nitrogens with zero attached hydrogens (tertiary/aromatic N) is 1. The monoisotopic (exact) mass is 325 g/mol. The number of hydrogen-bond acceptors (Lipinski definition) is 4. The summed E-state index contributed by atoms with van der Waals surface area (Å²) in [7, 11) is 1.61. The zero-order valence-electron chi connectivity index (χ0n) is 13.4. The number of aromatic hydroxyl groups is 1. The van der Waals surface area contributed by atoms with E-state index in [0.717, 1.165) is 11.3 Å². The van der Waals surface area contributed by atoms with Gasteiger partial charge in [-0.1, -0.05) is 18.2 Å². The number of phenolic OH excluding ortho intramolecular Hbond substituents is 1. The minimum atomic E-state index is -0.630. The Labute approximate surface area is 140 Å². The summed E-state index contributed by atoms with van der Waals surface area (Å²) in [6.45, 7) is 4.06. The van der Waals surface area contributed by atoms with E-state index in [4.69, 9.17) is 9.47 Å². The number of phenols is 1. The maximum atomic E-state index is 12.8. The van der Waals surface area contributed by atoms with E-state index >= 15 is 0 Å². The van der Waals surface area contributed by atoms with Crippen LogP contribution >= 0.6 is 0 Å². The largest absolute Gasteiger partial charge is 0.508 e. The van der Waals surface area contributed by atoms with Crippen LogP contribution in [0.25, 0.3) is 0 Å². The number of anilines is 1. The third-order valence-electron chi connectivity index (χ3n) is 3.91. The normalized spacial score (nSPS) is 16.3. The molecule has 1 N–H and O–H groups in total. The van der Waals surface area contributed by atoms with E-state index < -0.39 is 6.10 Å². The number of rotatable bonds is 5. The van der Waals surface area contributed by atoms with Crippen LogP contribution in [0.4, 0.5) is 5.69 Å². The van der Waals surface area contributed by atoms with Crippen molar-refractivity contribution in [2.45, 2.75) is 12.5 Å². The average molecular weight is 325 g/mol. The summed E-state index contributed by atoms with van der Waals surface area (Å²) in [6.07, 6.45) is 1.46. The van der Waals surface area contributed by atoms with Crippen LogP contribution in [0.1, 0.15) is 5.56 Å². The zero-order valence-corrected chi connectivity index (χ0v) is 13.4. The molecule has 1 amide bonds. The number of fused-ring (bicyclic) bond motifs is 1. The predicted molar refractivity (Wildman–Crippen MR) is 91.8 cm³/mol. The highest BCUT2D eigenvalue weighted by atomic mass is 16.5. The summed E-state index contributed by atoms with van der Waals surface area (Å²) in [5.74, 6) is 1.24. The molecule has 24 heavy (non-hydrogen) atoms. The molecule has 0 aliphatic carbocycles. The Morgan fingerprint density at radius 1 is 1.33 bits per heavy atom. The van der Waals surface area contributed by atoms with E-state index in [0.29, 0.717) is 24.4 Å². The Morgan fingerprint density at radius 3 is 2.92 bits per heavy atom. The minimum absolute atomic E-state index is 0.0884. The number of methoxy groups -OCH3 is 1. The Bertz CT molecular complexity index is 772. The number of hydrogen-bond donors (Lipinski definition) is 1. The first-order chi connectivity index (χ1) is 11.6. The van der Waals surface area contributed by atoms with Gasteiger partial charge in [-0.15, -0.1) is 6.58 Å². The molecule has 2 aromatic rings. The third-order valence-corrected chi connectivity index (χ3v) is 3.91. The molecule has 2 aromatic carbocycles. The van der Waals surface area contributed by atoms with Crippen molar-refractivity contribution >= 4 is 11.6 Å². The number of benzene rings is 2. The molecular formula is C19H19NO4. The van der Waals surface area contributed by atoms with Crippen LogP contribution < -0.4 is 14.4 Å². The molecule has 0 bridgehead atoms. The van der Waals surface area contributed by atoms with E-state index in [1.165, 1.54) is 6.07 Å². The standard InChI is InChI=1S/C19H19NO4/c1-3-9-20-16-12-14(21)7-8-17(16)24-18(19(20)22)11-13-5-4-6-15(10-13)23-2/h3-8,10,12,18,21H,1,9,11H2,2H3. The second-order valence-corrected chi connectivity index (χ2v) is 5.55. The predicted octanol–water partition coefficient (Wildman–Crippen LogP) is 2.92. The zero-order chi connectivity index (χ0) is 17.1. The lowest BCUT2D eigenvalue weighted by Crippen LogP contribution is -2.47. The first-order valence-corrected chi connectivity index (χ1v) is 7.67. The quantitative estimate of drug-likeness (QED) is 0.859. The van der Waals surface area contributed by atoms with Crippen molar-refractivity contribution in [3.63, 3.8) is 0 Å². The highest BCUT2D eigenvalue weighted by Gasteiger charge is 2.34. The smallest absolute Gasteiger partial charge is 0.268 e. The summed E-state index contributed by atoms with van der Waals surface area (Å²) in [5.41, 5.74) is 1.51. The Kier molecular flexibility index (Phi) is 4.42. The fourth-order valence-corrected chi connectivity index (χ4v) is 2.77. The van der Waals surface area contributed by atoms with Crippen LogP contribution in [0.15, 0.2) is 55.1 Å². The molecule has 1 heterocycles. The molecule has 0 saturated carbocycles. The van der Waals surface area contributed by atoms with Crippen LogP contribution in [0.5, 0.6) is 17.2 Å². The molecule has 3 rings (SSSR count). The van der Waals surface area contributed by atoms with Crippen molar-refractivity contribution in [1.82, 2.24) is 0 Å². The molecule has 0 saturated heterocycles. The molecule has 5 nitrogen and oxygen atoms in total. The maximum Gasteiger partial charge on any atom is 0.268 e. The first-order valence-electron chi connectivity index (χ1n) is 7.67. The summed E-state index contributed by atoms with van der Waals surface area (Å²) < 4.78 is 11.1. The molecular weight excluding hydrogens is 306 g/mol. The van der Waals surface area contributed by atoms with Crippen LogP contribution in [-0.4, -0.2) is 30.8 Å². The van der Waals surface area contributed by atoms with Crippen LogP contribution in [0.3, 0.4) is 0 Å². The lowest BCUT2D eigenvalue weighted by atomic mass is 10.0. The molecule has 1 atom stereocenters. The molecule has 5 heteroatoms. The van der Waals surface area contributed by atoms with Gasteiger partial charge >= 0.3 is 0 Å². The fraction of sp³-hybridized carbons (Fsp3) is 0.211. The molecule has 1 aliphatic rings. The maximum absolute atomic E-state index is 12.8. The van der Waals surface area contributed by atoms with Crippen molar-refractivity contribution in [1.29, 1.82) is 0 Å². The van der Waals surface area contributed by atoms with Crippen LogP contribution in [0, 0.1) is 0 Å². The highest BCUT2D eigenvalue weighted by Crippen LogP contribution is 2.37. The summed E-state index contributed by atoms with van der Waals surface area (Å²) in [6, 6.07) is 12.3. The van der Waals surface area contributed by atoms with E-state index in [-0.39, 0.29) is 11.7 Å². The van der Waals surface area contributed by atoms with Crippen molar-refractivity contribution in [2.24, 2.45) is 0 Å². The van der Waals surface area contributed by atoms with Crippen molar-refractivity contribution < 1.29 is 19.4 Å². The molecule has 0 radical (unpaired) electrons. The van der Waals surface area contributed by atoms with Gasteiger partial charge in [-0.05, 0) is 29.8 Å². The van der Waals surface area contributed by atoms with Gasteiger partial charge in [-0.2, -0.15) is 0 Å². The lowest BCUT2D eigenvalue weighted by molar-refractivity contribution is -0.126.